The molecule has 11 heteroatoms. The molecule has 1 saturated heterocycles. The molecule has 0 saturated carbocycles. The van der Waals surface area contributed by atoms with Crippen molar-refractivity contribution >= 4 is 16.9 Å². The number of pyridine rings is 2. The van der Waals surface area contributed by atoms with Crippen molar-refractivity contribution < 1.29 is 26.7 Å². The second kappa shape index (κ2) is 14.5. The Hall–Kier alpha value is -4.90. The molecule has 0 radical (unpaired) electrons. The molecular formula is C39H38F5N5O. The summed E-state index contributed by atoms with van der Waals surface area (Å²) in [7, 11) is 2.05. The van der Waals surface area contributed by atoms with E-state index in [4.69, 9.17) is 10.4 Å². The maximum absolute atomic E-state index is 14.6. The normalized spacial score (nSPS) is 14.3. The quantitative estimate of drug-likeness (QED) is 0.162. The molecule has 0 unspecified atom stereocenters. The van der Waals surface area contributed by atoms with Gasteiger partial charge in [-0.2, -0.15) is 13.2 Å². The number of fused-ring (bicyclic) bond motifs is 1. The van der Waals surface area contributed by atoms with E-state index in [1.165, 1.54) is 24.3 Å². The topological polar surface area (TPSA) is 65.2 Å². The minimum Gasteiger partial charge on any atom is -0.334 e. The number of aryl methyl sites for hydroxylation is 3. The summed E-state index contributed by atoms with van der Waals surface area (Å²) in [6.07, 6.45) is -2.42. The van der Waals surface area contributed by atoms with Crippen molar-refractivity contribution in [3.05, 3.63) is 130 Å². The van der Waals surface area contributed by atoms with Gasteiger partial charge in [0.15, 0.2) is 11.6 Å². The van der Waals surface area contributed by atoms with Crippen molar-refractivity contribution in [1.29, 1.82) is 5.41 Å². The summed E-state index contributed by atoms with van der Waals surface area (Å²) in [6, 6.07) is 21.8. The Balaban J connectivity index is 1.30. The number of likely N-dealkylation sites (tertiary alicyclic amines) is 1. The van der Waals surface area contributed by atoms with Crippen molar-refractivity contribution in [2.24, 2.45) is 0 Å². The van der Waals surface area contributed by atoms with E-state index in [2.05, 4.69) is 11.9 Å². The Morgan fingerprint density at radius 3 is 2.24 bits per heavy atom. The van der Waals surface area contributed by atoms with Gasteiger partial charge in [-0.1, -0.05) is 48.5 Å². The number of carbonyl (C=O) groups excluding carboxylic acids is 1. The Morgan fingerprint density at radius 2 is 1.58 bits per heavy atom. The smallest absolute Gasteiger partial charge is 0.334 e. The Labute approximate surface area is 287 Å². The van der Waals surface area contributed by atoms with Crippen LogP contribution >= 0.6 is 0 Å². The summed E-state index contributed by atoms with van der Waals surface area (Å²) in [6.45, 7) is 3.76. The minimum atomic E-state index is -4.41. The molecule has 1 aliphatic heterocycles. The van der Waals surface area contributed by atoms with Gasteiger partial charge in [0, 0.05) is 29.4 Å². The van der Waals surface area contributed by atoms with E-state index < -0.39 is 23.4 Å². The lowest BCUT2D eigenvalue weighted by Gasteiger charge is -2.38. The summed E-state index contributed by atoms with van der Waals surface area (Å²) in [4.78, 5) is 23.3. The maximum Gasteiger partial charge on any atom is 0.416 e. The van der Waals surface area contributed by atoms with Crippen LogP contribution in [0.2, 0.25) is 0 Å². The van der Waals surface area contributed by atoms with Gasteiger partial charge in [0.25, 0.3) is 0 Å². The van der Waals surface area contributed by atoms with Gasteiger partial charge in [-0.05, 0) is 111 Å². The fourth-order valence-corrected chi connectivity index (χ4v) is 6.61. The molecule has 1 N–H and O–H groups in total. The Kier molecular flexibility index (Phi) is 10.2. The van der Waals surface area contributed by atoms with Gasteiger partial charge in [0.1, 0.15) is 12.2 Å². The third kappa shape index (κ3) is 7.78. The van der Waals surface area contributed by atoms with Gasteiger partial charge < -0.3 is 19.8 Å². The number of carbonyl (C=O) groups is 1. The third-order valence-electron chi connectivity index (χ3n) is 9.49. The van der Waals surface area contributed by atoms with Crippen LogP contribution in [0.4, 0.5) is 22.0 Å². The molecule has 0 aliphatic carbocycles. The van der Waals surface area contributed by atoms with E-state index in [9.17, 15) is 26.7 Å². The third-order valence-corrected chi connectivity index (χ3v) is 9.49. The number of nitrogens with one attached hydrogen (secondary N) is 1. The van der Waals surface area contributed by atoms with Crippen molar-refractivity contribution in [1.82, 2.24) is 19.4 Å². The van der Waals surface area contributed by atoms with E-state index in [-0.39, 0.29) is 42.3 Å². The zero-order chi connectivity index (χ0) is 35.6. The first-order valence-corrected chi connectivity index (χ1v) is 16.6. The van der Waals surface area contributed by atoms with E-state index in [1.807, 2.05) is 48.2 Å². The fourth-order valence-electron chi connectivity index (χ4n) is 6.61. The van der Waals surface area contributed by atoms with Crippen LogP contribution in [0.15, 0.2) is 84.9 Å². The molecule has 2 aromatic heterocycles. The number of aromatic nitrogens is 2. The standard InChI is InChI=1S/C39H38F5N5O/c1-25-6-17-33-35(45)22-32(16-13-29-4-3-5-34(40)37(29)41)49(38(33)46-25)24-36(50)48(31-18-20-47(2)21-19-31)23-26-7-9-27(10-8-26)28-11-14-30(15-12-28)39(42,43)44/h3-12,14-15,17,22,31,45H,13,16,18-21,23-24H2,1-2H3. The summed E-state index contributed by atoms with van der Waals surface area (Å²) in [5, 5.41) is 9.51. The first-order chi connectivity index (χ1) is 23.9. The average molecular weight is 688 g/mol. The first kappa shape index (κ1) is 34.9. The molecule has 6 nitrogen and oxygen atoms in total. The number of halogens is 5. The summed E-state index contributed by atoms with van der Waals surface area (Å²) in [5.74, 6) is -1.98. The highest BCUT2D eigenvalue weighted by atomic mass is 19.4. The Morgan fingerprint density at radius 1 is 0.920 bits per heavy atom. The molecule has 3 aromatic carbocycles. The predicted octanol–water partition coefficient (Wildman–Crippen LogP) is 7.70. The first-order valence-electron chi connectivity index (χ1n) is 16.6. The molecule has 1 amide bonds. The largest absolute Gasteiger partial charge is 0.416 e. The lowest BCUT2D eigenvalue weighted by Crippen LogP contribution is -2.47. The molecule has 260 valence electrons. The van der Waals surface area contributed by atoms with Gasteiger partial charge >= 0.3 is 6.18 Å². The minimum absolute atomic E-state index is 0.0323. The number of benzene rings is 3. The molecule has 50 heavy (non-hydrogen) atoms. The van der Waals surface area contributed by atoms with Crippen molar-refractivity contribution in [2.45, 2.75) is 57.9 Å². The summed E-state index contributed by atoms with van der Waals surface area (Å²) >= 11 is 0. The predicted molar refractivity (Wildman–Crippen MR) is 182 cm³/mol. The molecule has 1 fully saturated rings. The summed E-state index contributed by atoms with van der Waals surface area (Å²) in [5.41, 5.74) is 3.60. The highest BCUT2D eigenvalue weighted by Gasteiger charge is 2.30. The second-order valence-corrected chi connectivity index (χ2v) is 13.0. The molecule has 3 heterocycles. The van der Waals surface area contributed by atoms with Gasteiger partial charge in [-0.25, -0.2) is 13.8 Å². The number of amides is 1. The van der Waals surface area contributed by atoms with E-state index in [0.717, 1.165) is 55.3 Å². The number of piperidine rings is 1. The van der Waals surface area contributed by atoms with E-state index in [0.29, 0.717) is 34.5 Å². The van der Waals surface area contributed by atoms with Crippen molar-refractivity contribution in [3.8, 4) is 11.1 Å². The van der Waals surface area contributed by atoms with Crippen LogP contribution in [0.5, 0.6) is 0 Å². The number of hydrogen-bond acceptors (Lipinski definition) is 4. The molecule has 0 spiro atoms. The van der Waals surface area contributed by atoms with Gasteiger partial charge in [0.2, 0.25) is 5.91 Å². The highest BCUT2D eigenvalue weighted by molar-refractivity contribution is 5.81. The van der Waals surface area contributed by atoms with Crippen LogP contribution in [-0.2, 0) is 36.9 Å². The number of hydrogen-bond donors (Lipinski definition) is 1. The fraction of sp³-hybridized carbons (Fsp3) is 0.308. The molecule has 0 bridgehead atoms. The SMILES string of the molecule is Cc1ccc2c(=N)cc(CCc3cccc(F)c3F)n(CC(=O)N(Cc3ccc(-c4ccc(C(F)(F)F)cc4)cc3)C3CCN(C)CC3)c2n1. The summed E-state index contributed by atoms with van der Waals surface area (Å²) < 4.78 is 69.6. The van der Waals surface area contributed by atoms with Gasteiger partial charge in [-0.15, -0.1) is 0 Å². The van der Waals surface area contributed by atoms with E-state index in [1.54, 1.807) is 10.6 Å². The molecule has 1 aliphatic rings. The highest BCUT2D eigenvalue weighted by Crippen LogP contribution is 2.31. The van der Waals surface area contributed by atoms with Crippen LogP contribution in [0.3, 0.4) is 0 Å². The van der Waals surface area contributed by atoms with Crippen LogP contribution in [-0.4, -0.2) is 51.4 Å². The zero-order valence-electron chi connectivity index (χ0n) is 27.9. The number of rotatable bonds is 9. The number of nitrogens with zero attached hydrogens (tertiary/aromatic N) is 4. The zero-order valence-corrected chi connectivity index (χ0v) is 27.9. The van der Waals surface area contributed by atoms with E-state index >= 15 is 0 Å². The van der Waals surface area contributed by atoms with Gasteiger partial charge in [0.05, 0.1) is 10.9 Å². The average Bonchev–Trinajstić information content (AvgIpc) is 3.09. The lowest BCUT2D eigenvalue weighted by atomic mass is 10.00. The second-order valence-electron chi connectivity index (χ2n) is 13.0. The molecular weight excluding hydrogens is 649 g/mol. The molecule has 5 aromatic rings. The molecule has 6 rings (SSSR count). The monoisotopic (exact) mass is 687 g/mol. The lowest BCUT2D eigenvalue weighted by molar-refractivity contribution is -0.137. The van der Waals surface area contributed by atoms with Crippen LogP contribution < -0.4 is 5.36 Å². The maximum atomic E-state index is 14.6. The Bertz CT molecular complexity index is 2050. The van der Waals surface area contributed by atoms with Crippen molar-refractivity contribution in [2.75, 3.05) is 20.1 Å². The van der Waals surface area contributed by atoms with Crippen LogP contribution in [0, 0.1) is 24.0 Å². The van der Waals surface area contributed by atoms with Crippen LogP contribution in [0.25, 0.3) is 22.2 Å². The van der Waals surface area contributed by atoms with Crippen LogP contribution in [0.1, 0.15) is 40.9 Å². The number of alkyl halides is 3. The molecule has 0 atom stereocenters. The van der Waals surface area contributed by atoms with Gasteiger partial charge in [-0.3, -0.25) is 4.79 Å². The van der Waals surface area contributed by atoms with Crippen molar-refractivity contribution in [3.63, 3.8) is 0 Å².